The maximum atomic E-state index is 5.24. The molecule has 0 aliphatic rings. The van der Waals surface area contributed by atoms with Gasteiger partial charge in [0.1, 0.15) is 5.82 Å². The van der Waals surface area contributed by atoms with Crippen LogP contribution < -0.4 is 5.32 Å². The summed E-state index contributed by atoms with van der Waals surface area (Å²) in [5.74, 6) is 3.72. The van der Waals surface area contributed by atoms with Gasteiger partial charge in [0.05, 0.1) is 17.1 Å². The second kappa shape index (κ2) is 5.70. The molecule has 2 aromatic rings. The number of aryl methyl sites for hydroxylation is 1. The molecule has 0 aliphatic carbocycles. The summed E-state index contributed by atoms with van der Waals surface area (Å²) < 4.78 is 2.15. The molecule has 0 bridgehead atoms. The zero-order chi connectivity index (χ0) is 13.0. The van der Waals surface area contributed by atoms with Crippen molar-refractivity contribution in [1.29, 1.82) is 0 Å². The summed E-state index contributed by atoms with van der Waals surface area (Å²) in [6.07, 6.45) is 7.06. The van der Waals surface area contributed by atoms with Crippen LogP contribution in [0.5, 0.6) is 0 Å². The maximum absolute atomic E-state index is 5.24. The topological polar surface area (TPSA) is 29.9 Å². The molecule has 0 saturated carbocycles. The Hall–Kier alpha value is -1.79. The summed E-state index contributed by atoms with van der Waals surface area (Å²) >= 11 is 0. The second-order valence-electron chi connectivity index (χ2n) is 4.50. The van der Waals surface area contributed by atoms with Gasteiger partial charge in [-0.25, -0.2) is 4.98 Å². The molecule has 2 rings (SSSR count). The van der Waals surface area contributed by atoms with Crippen LogP contribution in [-0.2, 0) is 7.05 Å². The largest absolute Gasteiger partial charge is 0.330 e. The first-order valence-corrected chi connectivity index (χ1v) is 6.32. The van der Waals surface area contributed by atoms with Crippen molar-refractivity contribution in [3.05, 3.63) is 30.1 Å². The average Bonchev–Trinajstić information content (AvgIpc) is 2.73. The molecule has 0 amide bonds. The van der Waals surface area contributed by atoms with Crippen LogP contribution in [0.4, 0.5) is 0 Å². The summed E-state index contributed by atoms with van der Waals surface area (Å²) in [5, 5.41) is 3.46. The van der Waals surface area contributed by atoms with Crippen LogP contribution in [0.2, 0.25) is 0 Å². The predicted octanol–water partition coefficient (Wildman–Crippen LogP) is 2.64. The van der Waals surface area contributed by atoms with Crippen molar-refractivity contribution in [2.75, 3.05) is 6.54 Å². The van der Waals surface area contributed by atoms with Gasteiger partial charge in [-0.1, -0.05) is 12.1 Å². The molecule has 1 unspecified atom stereocenters. The van der Waals surface area contributed by atoms with Gasteiger partial charge in [0.2, 0.25) is 0 Å². The SMILES string of the molecule is C#CCCCNC(C)c1nc2ccccc2n1C. The van der Waals surface area contributed by atoms with E-state index in [1.165, 1.54) is 5.52 Å². The minimum absolute atomic E-state index is 0.236. The number of hydrogen-bond donors (Lipinski definition) is 1. The van der Waals surface area contributed by atoms with Gasteiger partial charge in [-0.05, 0) is 32.0 Å². The molecule has 3 heteroatoms. The first kappa shape index (κ1) is 12.7. The maximum Gasteiger partial charge on any atom is 0.126 e. The molecule has 0 fully saturated rings. The standard InChI is InChI=1S/C15H19N3/c1-4-5-8-11-16-12(2)15-17-13-9-6-7-10-14(13)18(15)3/h1,6-7,9-10,12,16H,5,8,11H2,2-3H3. The summed E-state index contributed by atoms with van der Waals surface area (Å²) in [6, 6.07) is 8.43. The molecule has 0 saturated heterocycles. The highest BCUT2D eigenvalue weighted by atomic mass is 15.1. The molecule has 1 aromatic heterocycles. The molecular weight excluding hydrogens is 222 g/mol. The highest BCUT2D eigenvalue weighted by Gasteiger charge is 2.13. The number of fused-ring (bicyclic) bond motifs is 1. The Kier molecular flexibility index (Phi) is 4.01. The molecule has 0 spiro atoms. The molecule has 94 valence electrons. The van der Waals surface area contributed by atoms with E-state index in [9.17, 15) is 0 Å². The summed E-state index contributed by atoms with van der Waals surface area (Å²) in [7, 11) is 2.06. The number of hydrogen-bond acceptors (Lipinski definition) is 2. The van der Waals surface area contributed by atoms with Crippen molar-refractivity contribution in [2.24, 2.45) is 7.05 Å². The Morgan fingerprint density at radius 3 is 2.94 bits per heavy atom. The van der Waals surface area contributed by atoms with Gasteiger partial charge in [0.15, 0.2) is 0 Å². The Morgan fingerprint density at radius 1 is 1.44 bits per heavy atom. The number of aromatic nitrogens is 2. The molecule has 0 radical (unpaired) electrons. The predicted molar refractivity (Wildman–Crippen MR) is 75.2 cm³/mol. The lowest BCUT2D eigenvalue weighted by Gasteiger charge is -2.13. The number of imidazole rings is 1. The van der Waals surface area contributed by atoms with Gasteiger partial charge in [-0.2, -0.15) is 0 Å². The number of rotatable bonds is 5. The molecule has 1 aromatic carbocycles. The monoisotopic (exact) mass is 241 g/mol. The van der Waals surface area contributed by atoms with Crippen molar-refractivity contribution in [2.45, 2.75) is 25.8 Å². The van der Waals surface area contributed by atoms with Crippen molar-refractivity contribution >= 4 is 11.0 Å². The zero-order valence-corrected chi connectivity index (χ0v) is 11.0. The van der Waals surface area contributed by atoms with Crippen LogP contribution in [0, 0.1) is 12.3 Å². The number of benzene rings is 1. The quantitative estimate of drug-likeness (QED) is 0.644. The van der Waals surface area contributed by atoms with Crippen LogP contribution >= 0.6 is 0 Å². The molecule has 0 aliphatic heterocycles. The van der Waals surface area contributed by atoms with Crippen molar-refractivity contribution < 1.29 is 0 Å². The van der Waals surface area contributed by atoms with Gasteiger partial charge in [0, 0.05) is 13.5 Å². The van der Waals surface area contributed by atoms with Crippen molar-refractivity contribution in [1.82, 2.24) is 14.9 Å². The molecule has 1 atom stereocenters. The van der Waals surface area contributed by atoms with Crippen LogP contribution in [0.25, 0.3) is 11.0 Å². The minimum Gasteiger partial charge on any atom is -0.330 e. The summed E-state index contributed by atoms with van der Waals surface area (Å²) in [6.45, 7) is 3.06. The minimum atomic E-state index is 0.236. The van der Waals surface area contributed by atoms with Crippen molar-refractivity contribution in [3.8, 4) is 12.3 Å². The number of para-hydroxylation sites is 2. The fourth-order valence-corrected chi connectivity index (χ4v) is 2.15. The fraction of sp³-hybridized carbons (Fsp3) is 0.400. The van der Waals surface area contributed by atoms with E-state index in [-0.39, 0.29) is 6.04 Å². The smallest absolute Gasteiger partial charge is 0.126 e. The Bertz CT molecular complexity index is 563. The molecule has 18 heavy (non-hydrogen) atoms. The zero-order valence-electron chi connectivity index (χ0n) is 11.0. The lowest BCUT2D eigenvalue weighted by molar-refractivity contribution is 0.526. The third kappa shape index (κ3) is 2.55. The van der Waals surface area contributed by atoms with E-state index in [4.69, 9.17) is 6.42 Å². The summed E-state index contributed by atoms with van der Waals surface area (Å²) in [4.78, 5) is 4.67. The molecule has 1 heterocycles. The highest BCUT2D eigenvalue weighted by Crippen LogP contribution is 2.18. The van der Waals surface area contributed by atoms with E-state index >= 15 is 0 Å². The lowest BCUT2D eigenvalue weighted by atomic mass is 10.2. The molecule has 3 nitrogen and oxygen atoms in total. The number of nitrogens with one attached hydrogen (secondary N) is 1. The third-order valence-corrected chi connectivity index (χ3v) is 3.16. The van der Waals surface area contributed by atoms with Crippen LogP contribution in [0.15, 0.2) is 24.3 Å². The van der Waals surface area contributed by atoms with Gasteiger partial charge in [-0.15, -0.1) is 12.3 Å². The van der Waals surface area contributed by atoms with Crippen LogP contribution in [-0.4, -0.2) is 16.1 Å². The second-order valence-corrected chi connectivity index (χ2v) is 4.50. The van der Waals surface area contributed by atoms with Crippen LogP contribution in [0.1, 0.15) is 31.6 Å². The Labute approximate surface area is 108 Å². The Balaban J connectivity index is 2.10. The van der Waals surface area contributed by atoms with Gasteiger partial charge in [-0.3, -0.25) is 0 Å². The molecule has 1 N–H and O–H groups in total. The normalized spacial score (nSPS) is 12.5. The van der Waals surface area contributed by atoms with Gasteiger partial charge < -0.3 is 9.88 Å². The van der Waals surface area contributed by atoms with E-state index in [0.717, 1.165) is 30.7 Å². The van der Waals surface area contributed by atoms with E-state index < -0.39 is 0 Å². The van der Waals surface area contributed by atoms with Crippen LogP contribution in [0.3, 0.4) is 0 Å². The van der Waals surface area contributed by atoms with Gasteiger partial charge in [0.25, 0.3) is 0 Å². The lowest BCUT2D eigenvalue weighted by Crippen LogP contribution is -2.22. The van der Waals surface area contributed by atoms with E-state index in [1.54, 1.807) is 0 Å². The van der Waals surface area contributed by atoms with Gasteiger partial charge >= 0.3 is 0 Å². The highest BCUT2D eigenvalue weighted by molar-refractivity contribution is 5.75. The van der Waals surface area contributed by atoms with E-state index in [2.05, 4.69) is 40.8 Å². The first-order chi connectivity index (χ1) is 8.74. The fourth-order valence-electron chi connectivity index (χ4n) is 2.15. The first-order valence-electron chi connectivity index (χ1n) is 6.32. The van der Waals surface area contributed by atoms with Crippen molar-refractivity contribution in [3.63, 3.8) is 0 Å². The Morgan fingerprint density at radius 2 is 2.22 bits per heavy atom. The van der Waals surface area contributed by atoms with E-state index in [0.29, 0.717) is 0 Å². The molecular formula is C15H19N3. The third-order valence-electron chi connectivity index (χ3n) is 3.16. The van der Waals surface area contributed by atoms with E-state index in [1.807, 2.05) is 18.2 Å². The average molecular weight is 241 g/mol. The number of terminal acetylenes is 1. The number of nitrogens with zero attached hydrogens (tertiary/aromatic N) is 2. The summed E-state index contributed by atoms with van der Waals surface area (Å²) in [5.41, 5.74) is 2.22. The number of unbranched alkanes of at least 4 members (excludes halogenated alkanes) is 1.